The van der Waals surface area contributed by atoms with E-state index >= 15 is 0 Å². The van der Waals surface area contributed by atoms with Gasteiger partial charge in [0.05, 0.1) is 19.3 Å². The molecular formula is C14H17F7O2. The maximum absolute atomic E-state index is 14.3. The van der Waals surface area contributed by atoms with Gasteiger partial charge in [-0.25, -0.2) is 4.39 Å². The first-order chi connectivity index (χ1) is 10.3. The van der Waals surface area contributed by atoms with Crippen LogP contribution in [-0.2, 0) is 9.59 Å². The van der Waals surface area contributed by atoms with Crippen LogP contribution in [-0.4, -0.2) is 29.6 Å². The molecule has 134 valence electrons. The Morgan fingerprint density at radius 2 is 1.30 bits per heavy atom. The fourth-order valence-corrected chi connectivity index (χ4v) is 2.71. The summed E-state index contributed by atoms with van der Waals surface area (Å²) in [7, 11) is 0. The van der Waals surface area contributed by atoms with Gasteiger partial charge in [0.25, 0.3) is 0 Å². The third-order valence-electron chi connectivity index (χ3n) is 3.89. The molecule has 0 atom stereocenters. The molecule has 0 aliphatic heterocycles. The third kappa shape index (κ3) is 6.87. The van der Waals surface area contributed by atoms with Crippen LogP contribution >= 0.6 is 0 Å². The van der Waals surface area contributed by atoms with Gasteiger partial charge in [-0.15, -0.1) is 0 Å². The van der Waals surface area contributed by atoms with Gasteiger partial charge in [0.1, 0.15) is 5.78 Å². The van der Waals surface area contributed by atoms with E-state index in [0.29, 0.717) is 19.3 Å². The van der Waals surface area contributed by atoms with Crippen molar-refractivity contribution >= 4 is 11.6 Å². The van der Waals surface area contributed by atoms with Crippen LogP contribution < -0.4 is 0 Å². The second-order valence-corrected chi connectivity index (χ2v) is 5.93. The van der Waals surface area contributed by atoms with Gasteiger partial charge >= 0.3 is 12.4 Å². The number of rotatable bonds is 6. The number of ketones is 2. The van der Waals surface area contributed by atoms with E-state index in [1.165, 1.54) is 0 Å². The summed E-state index contributed by atoms with van der Waals surface area (Å²) in [6.45, 7) is 0. The van der Waals surface area contributed by atoms with E-state index in [9.17, 15) is 40.3 Å². The second kappa shape index (κ2) is 7.17. The molecule has 0 heterocycles. The summed E-state index contributed by atoms with van der Waals surface area (Å²) in [5.74, 6) is -5.13. The van der Waals surface area contributed by atoms with Crippen LogP contribution in [0.4, 0.5) is 30.7 Å². The van der Waals surface area contributed by atoms with Crippen molar-refractivity contribution in [3.8, 4) is 0 Å². The first-order valence-corrected chi connectivity index (χ1v) is 7.21. The van der Waals surface area contributed by atoms with E-state index < -0.39 is 54.8 Å². The van der Waals surface area contributed by atoms with E-state index in [4.69, 9.17) is 0 Å². The molecule has 9 heteroatoms. The molecule has 0 N–H and O–H groups in total. The van der Waals surface area contributed by atoms with Crippen LogP contribution in [0.2, 0.25) is 0 Å². The quantitative estimate of drug-likeness (QED) is 0.514. The Hall–Kier alpha value is -1.15. The maximum Gasteiger partial charge on any atom is 0.389 e. The third-order valence-corrected chi connectivity index (χ3v) is 3.89. The number of carbonyl (C=O) groups excluding carboxylic acids is 2. The van der Waals surface area contributed by atoms with Gasteiger partial charge in [0.15, 0.2) is 11.5 Å². The zero-order valence-electron chi connectivity index (χ0n) is 12.2. The molecule has 0 aromatic rings. The summed E-state index contributed by atoms with van der Waals surface area (Å²) >= 11 is 0. The number of halogens is 7. The maximum atomic E-state index is 14.3. The van der Waals surface area contributed by atoms with E-state index in [0.717, 1.165) is 0 Å². The lowest BCUT2D eigenvalue weighted by atomic mass is 9.80. The standard InChI is InChI=1S/C14H17F7O2/c15-12(4-2-1-3-5-12)11(23)6-10(22)9(7-13(16,17)18)8-14(19,20)21/h9H,1-8H2. The topological polar surface area (TPSA) is 34.1 Å². The van der Waals surface area contributed by atoms with E-state index in [2.05, 4.69) is 0 Å². The molecule has 0 unspecified atom stereocenters. The van der Waals surface area contributed by atoms with Crippen molar-refractivity contribution < 1.29 is 40.3 Å². The van der Waals surface area contributed by atoms with Crippen molar-refractivity contribution in [3.05, 3.63) is 0 Å². The average molecular weight is 350 g/mol. The Morgan fingerprint density at radius 1 is 0.870 bits per heavy atom. The van der Waals surface area contributed by atoms with Crippen LogP contribution in [0.15, 0.2) is 0 Å². The van der Waals surface area contributed by atoms with Crippen molar-refractivity contribution in [2.75, 3.05) is 0 Å². The van der Waals surface area contributed by atoms with Gasteiger partial charge in [0.2, 0.25) is 0 Å². The van der Waals surface area contributed by atoms with Crippen LogP contribution in [0.25, 0.3) is 0 Å². The lowest BCUT2D eigenvalue weighted by Gasteiger charge is -2.28. The SMILES string of the molecule is O=C(CC(=O)C1(F)CCCCC1)C(CC(F)(F)F)CC(F)(F)F. The minimum atomic E-state index is -4.98. The number of hydrogen-bond acceptors (Lipinski definition) is 2. The molecule has 1 rings (SSSR count). The van der Waals surface area contributed by atoms with Crippen molar-refractivity contribution in [2.24, 2.45) is 5.92 Å². The van der Waals surface area contributed by atoms with Gasteiger partial charge in [-0.05, 0) is 25.7 Å². The highest BCUT2D eigenvalue weighted by Crippen LogP contribution is 2.36. The van der Waals surface area contributed by atoms with E-state index in [1.54, 1.807) is 0 Å². The molecule has 23 heavy (non-hydrogen) atoms. The molecule has 1 fully saturated rings. The first kappa shape index (κ1) is 19.9. The summed E-state index contributed by atoms with van der Waals surface area (Å²) in [6.07, 6.45) is -14.0. The molecule has 0 bridgehead atoms. The average Bonchev–Trinajstić information content (AvgIpc) is 2.35. The van der Waals surface area contributed by atoms with E-state index in [-0.39, 0.29) is 12.8 Å². The molecule has 0 amide bonds. The first-order valence-electron chi connectivity index (χ1n) is 7.21. The summed E-state index contributed by atoms with van der Waals surface area (Å²) in [4.78, 5) is 23.5. The molecule has 0 saturated heterocycles. The molecule has 1 aliphatic rings. The lowest BCUT2D eigenvalue weighted by molar-refractivity contribution is -0.178. The van der Waals surface area contributed by atoms with Gasteiger partial charge in [-0.3, -0.25) is 9.59 Å². The molecule has 0 aromatic carbocycles. The highest BCUT2D eigenvalue weighted by Gasteiger charge is 2.45. The van der Waals surface area contributed by atoms with Crippen LogP contribution in [0.3, 0.4) is 0 Å². The molecule has 0 spiro atoms. The fraction of sp³-hybridized carbons (Fsp3) is 0.857. The summed E-state index contributed by atoms with van der Waals surface area (Å²) in [5, 5.41) is 0. The van der Waals surface area contributed by atoms with Gasteiger partial charge < -0.3 is 0 Å². The predicted octanol–water partition coefficient (Wildman–Crippen LogP) is 4.71. The molecular weight excluding hydrogens is 333 g/mol. The summed E-state index contributed by atoms with van der Waals surface area (Å²) in [5.41, 5.74) is -2.31. The Morgan fingerprint density at radius 3 is 1.70 bits per heavy atom. The zero-order chi connectivity index (χ0) is 17.9. The minimum absolute atomic E-state index is 0.150. The second-order valence-electron chi connectivity index (χ2n) is 5.93. The Kier molecular flexibility index (Phi) is 6.20. The number of hydrogen-bond donors (Lipinski definition) is 0. The predicted molar refractivity (Wildman–Crippen MR) is 66.4 cm³/mol. The van der Waals surface area contributed by atoms with Gasteiger partial charge in [0, 0.05) is 5.92 Å². The smallest absolute Gasteiger partial charge is 0.299 e. The van der Waals surface area contributed by atoms with Crippen molar-refractivity contribution in [1.29, 1.82) is 0 Å². The molecule has 1 saturated carbocycles. The largest absolute Gasteiger partial charge is 0.389 e. The fourth-order valence-electron chi connectivity index (χ4n) is 2.71. The number of carbonyl (C=O) groups is 2. The monoisotopic (exact) mass is 350 g/mol. The lowest BCUT2D eigenvalue weighted by Crippen LogP contribution is -2.39. The molecule has 1 aliphatic carbocycles. The summed E-state index contributed by atoms with van der Waals surface area (Å²) < 4.78 is 88.3. The van der Waals surface area contributed by atoms with Crippen molar-refractivity contribution in [3.63, 3.8) is 0 Å². The Bertz CT molecular complexity index is 417. The Labute approximate surface area is 128 Å². The van der Waals surface area contributed by atoms with Crippen molar-refractivity contribution in [2.45, 2.75) is 69.4 Å². The van der Waals surface area contributed by atoms with Gasteiger partial charge in [-0.2, -0.15) is 26.3 Å². The Balaban J connectivity index is 2.77. The molecule has 2 nitrogen and oxygen atoms in total. The van der Waals surface area contributed by atoms with Crippen LogP contribution in [0.1, 0.15) is 51.4 Å². The van der Waals surface area contributed by atoms with Crippen LogP contribution in [0.5, 0.6) is 0 Å². The normalized spacial score (nSPS) is 19.0. The summed E-state index contributed by atoms with van der Waals surface area (Å²) in [6, 6.07) is 0. The molecule has 0 aromatic heterocycles. The minimum Gasteiger partial charge on any atom is -0.299 e. The molecule has 0 radical (unpaired) electrons. The number of alkyl halides is 7. The highest BCUT2D eigenvalue weighted by atomic mass is 19.4. The number of Topliss-reactive ketones (excluding diaryl/α,β-unsaturated/α-hetero) is 2. The zero-order valence-corrected chi connectivity index (χ0v) is 12.2. The highest BCUT2D eigenvalue weighted by molar-refractivity contribution is 6.03. The van der Waals surface area contributed by atoms with Crippen LogP contribution in [0, 0.1) is 5.92 Å². The van der Waals surface area contributed by atoms with Crippen molar-refractivity contribution in [1.82, 2.24) is 0 Å². The van der Waals surface area contributed by atoms with Gasteiger partial charge in [-0.1, -0.05) is 6.42 Å². The van der Waals surface area contributed by atoms with E-state index in [1.807, 2.05) is 0 Å².